The highest BCUT2D eigenvalue weighted by Gasteiger charge is 2.08. The molecule has 98 valence electrons. The fraction of sp³-hybridized carbons (Fsp3) is 0.200. The molecule has 2 rings (SSSR count). The lowest BCUT2D eigenvalue weighted by Crippen LogP contribution is -2.13. The molecule has 1 N–H and O–H groups in total. The summed E-state index contributed by atoms with van der Waals surface area (Å²) >= 11 is 0. The Morgan fingerprint density at radius 2 is 2.11 bits per heavy atom. The van der Waals surface area contributed by atoms with Crippen LogP contribution in [0.2, 0.25) is 0 Å². The number of nitrogens with zero attached hydrogens (tertiary/aromatic N) is 1. The number of carbonyl (C=O) groups is 1. The maximum Gasteiger partial charge on any atom is 0.274 e. The SMILES string of the molecule is CCc1cc(NC(=O)c2ccc(C)cn2)ccc1F. The van der Waals surface area contributed by atoms with Gasteiger partial charge in [-0.3, -0.25) is 9.78 Å². The van der Waals surface area contributed by atoms with Gasteiger partial charge in [0.2, 0.25) is 0 Å². The molecule has 1 heterocycles. The monoisotopic (exact) mass is 258 g/mol. The van der Waals surface area contributed by atoms with Crippen molar-refractivity contribution < 1.29 is 9.18 Å². The van der Waals surface area contributed by atoms with E-state index in [9.17, 15) is 9.18 Å². The maximum absolute atomic E-state index is 13.3. The number of hydrogen-bond acceptors (Lipinski definition) is 2. The summed E-state index contributed by atoms with van der Waals surface area (Å²) in [5, 5.41) is 2.71. The quantitative estimate of drug-likeness (QED) is 0.917. The second kappa shape index (κ2) is 5.61. The fourth-order valence-corrected chi connectivity index (χ4v) is 1.72. The third kappa shape index (κ3) is 3.16. The number of pyridine rings is 1. The molecule has 0 aliphatic heterocycles. The second-order valence-corrected chi connectivity index (χ2v) is 4.33. The van der Waals surface area contributed by atoms with Crippen molar-refractivity contribution in [2.45, 2.75) is 20.3 Å². The molecule has 1 aromatic carbocycles. The van der Waals surface area contributed by atoms with Crippen molar-refractivity contribution in [3.8, 4) is 0 Å². The Labute approximate surface area is 111 Å². The summed E-state index contributed by atoms with van der Waals surface area (Å²) in [5.41, 5.74) is 2.49. The Hall–Kier alpha value is -2.23. The molecule has 0 saturated carbocycles. The lowest BCUT2D eigenvalue weighted by molar-refractivity contribution is 0.102. The zero-order valence-electron chi connectivity index (χ0n) is 10.9. The molecule has 0 bridgehead atoms. The minimum Gasteiger partial charge on any atom is -0.321 e. The summed E-state index contributed by atoms with van der Waals surface area (Å²) in [4.78, 5) is 16.0. The summed E-state index contributed by atoms with van der Waals surface area (Å²) < 4.78 is 13.3. The zero-order valence-corrected chi connectivity index (χ0v) is 10.9. The van der Waals surface area contributed by atoms with E-state index in [1.165, 1.54) is 6.07 Å². The average molecular weight is 258 g/mol. The van der Waals surface area contributed by atoms with Gasteiger partial charge >= 0.3 is 0 Å². The van der Waals surface area contributed by atoms with Gasteiger partial charge in [-0.2, -0.15) is 0 Å². The van der Waals surface area contributed by atoms with Crippen molar-refractivity contribution in [2.75, 3.05) is 5.32 Å². The third-order valence-electron chi connectivity index (χ3n) is 2.83. The van der Waals surface area contributed by atoms with Crippen molar-refractivity contribution in [3.63, 3.8) is 0 Å². The Morgan fingerprint density at radius 3 is 2.74 bits per heavy atom. The molecule has 0 fully saturated rings. The summed E-state index contributed by atoms with van der Waals surface area (Å²) in [6.45, 7) is 3.77. The van der Waals surface area contributed by atoms with Crippen LogP contribution < -0.4 is 5.32 Å². The summed E-state index contributed by atoms with van der Waals surface area (Å²) in [5.74, 6) is -0.553. The molecule has 0 aliphatic carbocycles. The maximum atomic E-state index is 13.3. The van der Waals surface area contributed by atoms with E-state index in [4.69, 9.17) is 0 Å². The van der Waals surface area contributed by atoms with E-state index in [1.807, 2.05) is 19.9 Å². The first-order chi connectivity index (χ1) is 9.10. The Kier molecular flexibility index (Phi) is 3.90. The number of anilines is 1. The standard InChI is InChI=1S/C15H15FN2O/c1-3-11-8-12(5-6-13(11)16)18-15(19)14-7-4-10(2)9-17-14/h4-9H,3H2,1-2H3,(H,18,19). The number of amides is 1. The number of benzene rings is 1. The first-order valence-corrected chi connectivity index (χ1v) is 6.12. The highest BCUT2D eigenvalue weighted by atomic mass is 19.1. The smallest absolute Gasteiger partial charge is 0.274 e. The van der Waals surface area contributed by atoms with Crippen LogP contribution in [0.4, 0.5) is 10.1 Å². The Morgan fingerprint density at radius 1 is 1.32 bits per heavy atom. The van der Waals surface area contributed by atoms with Crippen LogP contribution in [0, 0.1) is 12.7 Å². The zero-order chi connectivity index (χ0) is 13.8. The molecule has 4 heteroatoms. The number of nitrogens with one attached hydrogen (secondary N) is 1. The summed E-state index contributed by atoms with van der Waals surface area (Å²) in [6.07, 6.45) is 2.22. The van der Waals surface area contributed by atoms with Gasteiger partial charge in [0, 0.05) is 11.9 Å². The molecule has 0 aliphatic rings. The van der Waals surface area contributed by atoms with Crippen LogP contribution in [0.15, 0.2) is 36.5 Å². The molecular weight excluding hydrogens is 243 g/mol. The molecule has 2 aromatic rings. The van der Waals surface area contributed by atoms with Crippen LogP contribution in [-0.2, 0) is 6.42 Å². The average Bonchev–Trinajstić information content (AvgIpc) is 2.41. The van der Waals surface area contributed by atoms with Gasteiger partial charge in [0.1, 0.15) is 11.5 Å². The largest absolute Gasteiger partial charge is 0.321 e. The van der Waals surface area contributed by atoms with E-state index < -0.39 is 0 Å². The third-order valence-corrected chi connectivity index (χ3v) is 2.83. The molecule has 3 nitrogen and oxygen atoms in total. The molecule has 1 amide bonds. The van der Waals surface area contributed by atoms with Crippen LogP contribution in [0.3, 0.4) is 0 Å². The number of carbonyl (C=O) groups excluding carboxylic acids is 1. The lowest BCUT2D eigenvalue weighted by Gasteiger charge is -2.07. The molecule has 0 unspecified atom stereocenters. The van der Waals surface area contributed by atoms with Crippen LogP contribution in [0.5, 0.6) is 0 Å². The predicted octanol–water partition coefficient (Wildman–Crippen LogP) is 3.34. The van der Waals surface area contributed by atoms with Gasteiger partial charge in [0.25, 0.3) is 5.91 Å². The van der Waals surface area contributed by atoms with Gasteiger partial charge in [0.15, 0.2) is 0 Å². The van der Waals surface area contributed by atoms with E-state index in [-0.39, 0.29) is 11.7 Å². The first-order valence-electron chi connectivity index (χ1n) is 6.12. The van der Waals surface area contributed by atoms with Crippen LogP contribution in [-0.4, -0.2) is 10.9 Å². The summed E-state index contributed by atoms with van der Waals surface area (Å²) in [6, 6.07) is 8.03. The van der Waals surface area contributed by atoms with Gasteiger partial charge in [0.05, 0.1) is 0 Å². The van der Waals surface area contributed by atoms with Gasteiger partial charge in [-0.15, -0.1) is 0 Å². The van der Waals surface area contributed by atoms with Gasteiger partial charge < -0.3 is 5.32 Å². The first kappa shape index (κ1) is 13.2. The minimum atomic E-state index is -0.298. The Bertz CT molecular complexity index is 594. The number of halogens is 1. The fourth-order valence-electron chi connectivity index (χ4n) is 1.72. The molecule has 0 spiro atoms. The Balaban J connectivity index is 2.17. The van der Waals surface area contributed by atoms with Crippen molar-refractivity contribution in [3.05, 3.63) is 59.2 Å². The van der Waals surface area contributed by atoms with Crippen LogP contribution >= 0.6 is 0 Å². The van der Waals surface area contributed by atoms with Gasteiger partial charge in [-0.1, -0.05) is 13.0 Å². The second-order valence-electron chi connectivity index (χ2n) is 4.33. The van der Waals surface area contributed by atoms with Crippen molar-refractivity contribution in [1.82, 2.24) is 4.98 Å². The number of aromatic nitrogens is 1. The molecule has 0 radical (unpaired) electrons. The normalized spacial score (nSPS) is 10.3. The number of rotatable bonds is 3. The van der Waals surface area contributed by atoms with Crippen LogP contribution in [0.25, 0.3) is 0 Å². The number of hydrogen-bond donors (Lipinski definition) is 1. The lowest BCUT2D eigenvalue weighted by atomic mass is 10.1. The van der Waals surface area contributed by atoms with Crippen LogP contribution in [0.1, 0.15) is 28.5 Å². The van der Waals surface area contributed by atoms with E-state index in [0.29, 0.717) is 23.4 Å². The van der Waals surface area contributed by atoms with Crippen molar-refractivity contribution >= 4 is 11.6 Å². The van der Waals surface area contributed by atoms with E-state index in [2.05, 4.69) is 10.3 Å². The molecule has 19 heavy (non-hydrogen) atoms. The van der Waals surface area contributed by atoms with E-state index in [1.54, 1.807) is 24.4 Å². The molecule has 0 atom stereocenters. The van der Waals surface area contributed by atoms with Gasteiger partial charge in [-0.25, -0.2) is 4.39 Å². The minimum absolute atomic E-state index is 0.256. The molecule has 0 saturated heterocycles. The highest BCUT2D eigenvalue weighted by Crippen LogP contribution is 2.16. The number of aryl methyl sites for hydroxylation is 2. The van der Waals surface area contributed by atoms with Crippen molar-refractivity contribution in [2.24, 2.45) is 0 Å². The van der Waals surface area contributed by atoms with Gasteiger partial charge in [-0.05, 0) is 48.7 Å². The highest BCUT2D eigenvalue weighted by molar-refractivity contribution is 6.02. The topological polar surface area (TPSA) is 42.0 Å². The predicted molar refractivity (Wildman–Crippen MR) is 72.7 cm³/mol. The molecular formula is C15H15FN2O. The van der Waals surface area contributed by atoms with E-state index >= 15 is 0 Å². The summed E-state index contributed by atoms with van der Waals surface area (Å²) in [7, 11) is 0. The van der Waals surface area contributed by atoms with E-state index in [0.717, 1.165) is 5.56 Å². The molecule has 1 aromatic heterocycles. The van der Waals surface area contributed by atoms with Crippen molar-refractivity contribution in [1.29, 1.82) is 0 Å².